The van der Waals surface area contributed by atoms with Gasteiger partial charge in [0.15, 0.2) is 17.6 Å². The summed E-state index contributed by atoms with van der Waals surface area (Å²) in [4.78, 5) is 4.37. The van der Waals surface area contributed by atoms with Crippen LogP contribution in [0.1, 0.15) is 64.3 Å². The van der Waals surface area contributed by atoms with E-state index in [4.69, 9.17) is 14.2 Å². The van der Waals surface area contributed by atoms with Crippen molar-refractivity contribution in [2.75, 3.05) is 6.61 Å². The summed E-state index contributed by atoms with van der Waals surface area (Å²) in [6, 6.07) is 16.4. The van der Waals surface area contributed by atoms with Gasteiger partial charge in [-0.3, -0.25) is 4.98 Å². The van der Waals surface area contributed by atoms with Gasteiger partial charge in [0.2, 0.25) is 0 Å². The molecule has 4 rings (SSSR count). The van der Waals surface area contributed by atoms with Crippen molar-refractivity contribution in [2.24, 2.45) is 5.41 Å². The van der Waals surface area contributed by atoms with Crippen LogP contribution in [-0.2, 0) is 11.8 Å². The first-order valence-electron chi connectivity index (χ1n) is 11.2. The van der Waals surface area contributed by atoms with Crippen molar-refractivity contribution >= 4 is 0 Å². The maximum atomic E-state index is 6.31. The molecule has 0 aliphatic carbocycles. The number of aromatic nitrogens is 1. The van der Waals surface area contributed by atoms with Crippen molar-refractivity contribution in [1.82, 2.24) is 4.98 Å². The van der Waals surface area contributed by atoms with Gasteiger partial charge in [0.25, 0.3) is 0 Å². The molecule has 1 aliphatic heterocycles. The van der Waals surface area contributed by atoms with E-state index in [0.717, 1.165) is 29.2 Å². The predicted molar refractivity (Wildman–Crippen MR) is 128 cm³/mol. The highest BCUT2D eigenvalue weighted by Crippen LogP contribution is 2.38. The molecule has 0 N–H and O–H groups in total. The average molecular weight is 432 g/mol. The lowest BCUT2D eigenvalue weighted by Gasteiger charge is -2.28. The quantitative estimate of drug-likeness (QED) is 0.435. The van der Waals surface area contributed by atoms with Crippen LogP contribution in [-0.4, -0.2) is 11.6 Å². The Bertz CT molecular complexity index is 1080. The Kier molecular flexibility index (Phi) is 5.89. The van der Waals surface area contributed by atoms with Crippen molar-refractivity contribution in [3.05, 3.63) is 77.6 Å². The van der Waals surface area contributed by atoms with E-state index < -0.39 is 0 Å². The molecule has 0 bridgehead atoms. The Morgan fingerprint density at radius 1 is 0.875 bits per heavy atom. The summed E-state index contributed by atoms with van der Waals surface area (Å²) in [5, 5.41) is 0. The minimum absolute atomic E-state index is 0.112. The molecule has 1 unspecified atom stereocenters. The molecule has 1 atom stereocenters. The number of hydrogen-bond acceptors (Lipinski definition) is 4. The molecule has 0 saturated carbocycles. The summed E-state index contributed by atoms with van der Waals surface area (Å²) in [6.45, 7) is 13.8. The summed E-state index contributed by atoms with van der Waals surface area (Å²) in [5.41, 5.74) is 3.77. The molecule has 1 aromatic heterocycles. The van der Waals surface area contributed by atoms with Gasteiger partial charge < -0.3 is 14.2 Å². The lowest BCUT2D eigenvalue weighted by atomic mass is 9.87. The number of ether oxygens (including phenoxy) is 3. The highest BCUT2D eigenvalue weighted by atomic mass is 16.6. The van der Waals surface area contributed by atoms with Crippen molar-refractivity contribution in [3.63, 3.8) is 0 Å². The molecule has 0 spiro atoms. The number of nitrogens with zero attached hydrogens (tertiary/aromatic N) is 1. The van der Waals surface area contributed by atoms with Crippen molar-refractivity contribution in [3.8, 4) is 23.0 Å². The second-order valence-corrected chi connectivity index (χ2v) is 10.8. The molecule has 4 nitrogen and oxygen atoms in total. The van der Waals surface area contributed by atoms with Crippen LogP contribution in [0, 0.1) is 5.41 Å². The number of hydrogen-bond donors (Lipinski definition) is 0. The fraction of sp³-hybridized carbons (Fsp3) is 0.393. The Morgan fingerprint density at radius 2 is 1.62 bits per heavy atom. The zero-order valence-electron chi connectivity index (χ0n) is 19.9. The van der Waals surface area contributed by atoms with Gasteiger partial charge in [0.05, 0.1) is 6.20 Å². The van der Waals surface area contributed by atoms with Gasteiger partial charge in [-0.2, -0.15) is 0 Å². The van der Waals surface area contributed by atoms with Crippen LogP contribution in [0.25, 0.3) is 0 Å². The highest BCUT2D eigenvalue weighted by molar-refractivity contribution is 5.45. The molecule has 3 aromatic rings. The fourth-order valence-electron chi connectivity index (χ4n) is 3.83. The number of rotatable bonds is 4. The van der Waals surface area contributed by atoms with Gasteiger partial charge >= 0.3 is 0 Å². The normalized spacial score (nSPS) is 16.0. The van der Waals surface area contributed by atoms with Crippen LogP contribution in [0.15, 0.2) is 60.9 Å². The Labute approximate surface area is 191 Å². The minimum atomic E-state index is -0.230. The van der Waals surface area contributed by atoms with Gasteiger partial charge in [-0.1, -0.05) is 59.7 Å². The molecular formula is C28H33NO3. The maximum Gasteiger partial charge on any atom is 0.162 e. The van der Waals surface area contributed by atoms with Gasteiger partial charge in [-0.25, -0.2) is 0 Å². The molecule has 168 valence electrons. The Balaban J connectivity index is 1.49. The van der Waals surface area contributed by atoms with Crippen LogP contribution < -0.4 is 14.2 Å². The van der Waals surface area contributed by atoms with E-state index in [-0.39, 0.29) is 16.9 Å². The van der Waals surface area contributed by atoms with E-state index in [1.165, 1.54) is 11.1 Å². The smallest absolute Gasteiger partial charge is 0.162 e. The van der Waals surface area contributed by atoms with Crippen LogP contribution in [0.3, 0.4) is 0 Å². The second-order valence-electron chi connectivity index (χ2n) is 10.8. The van der Waals surface area contributed by atoms with Gasteiger partial charge in [-0.15, -0.1) is 0 Å². The standard InChI is InChI=1S/C28H33NO3/c1-27(2,3)15-19-7-12-24-25(13-19)32-26(18-30-24)20-14-23(17-29-16-20)31-22-10-8-21(9-11-22)28(4,5)6/h7-14,16-17,26H,15,18H2,1-6H3. The van der Waals surface area contributed by atoms with Gasteiger partial charge in [0.1, 0.15) is 18.1 Å². The van der Waals surface area contributed by atoms with Crippen LogP contribution >= 0.6 is 0 Å². The first-order valence-corrected chi connectivity index (χ1v) is 11.2. The third-order valence-electron chi connectivity index (χ3n) is 5.46. The van der Waals surface area contributed by atoms with E-state index in [2.05, 4.69) is 70.8 Å². The molecule has 4 heteroatoms. The molecule has 1 aliphatic rings. The molecule has 0 fully saturated rings. The third-order valence-corrected chi connectivity index (χ3v) is 5.46. The summed E-state index contributed by atoms with van der Waals surface area (Å²) in [5.74, 6) is 3.04. The second kappa shape index (κ2) is 8.50. The van der Waals surface area contributed by atoms with E-state index in [1.54, 1.807) is 6.20 Å². The Morgan fingerprint density at radius 3 is 2.31 bits per heavy atom. The molecule has 32 heavy (non-hydrogen) atoms. The number of benzene rings is 2. The first-order chi connectivity index (χ1) is 15.1. The van der Waals surface area contributed by atoms with Gasteiger partial charge in [0, 0.05) is 11.8 Å². The summed E-state index contributed by atoms with van der Waals surface area (Å²) < 4.78 is 18.4. The number of pyridine rings is 1. The third kappa shape index (κ3) is 5.42. The van der Waals surface area contributed by atoms with E-state index in [9.17, 15) is 0 Å². The first kappa shape index (κ1) is 22.2. The lowest BCUT2D eigenvalue weighted by Crippen LogP contribution is -2.22. The molecule has 0 saturated heterocycles. The van der Waals surface area contributed by atoms with Crippen molar-refractivity contribution < 1.29 is 14.2 Å². The predicted octanol–water partition coefficient (Wildman–Crippen LogP) is 7.27. The maximum absolute atomic E-state index is 6.31. The van der Waals surface area contributed by atoms with E-state index in [0.29, 0.717) is 12.4 Å². The minimum Gasteiger partial charge on any atom is -0.485 e. The fourth-order valence-corrected chi connectivity index (χ4v) is 3.83. The van der Waals surface area contributed by atoms with Crippen molar-refractivity contribution in [2.45, 2.75) is 59.5 Å². The zero-order chi connectivity index (χ0) is 22.9. The largest absolute Gasteiger partial charge is 0.485 e. The van der Waals surface area contributed by atoms with E-state index >= 15 is 0 Å². The Hall–Kier alpha value is -3.01. The van der Waals surface area contributed by atoms with Crippen LogP contribution in [0.2, 0.25) is 0 Å². The van der Waals surface area contributed by atoms with Crippen molar-refractivity contribution in [1.29, 1.82) is 0 Å². The van der Waals surface area contributed by atoms with Gasteiger partial charge in [-0.05, 0) is 58.7 Å². The molecular weight excluding hydrogens is 398 g/mol. The molecule has 2 heterocycles. The molecule has 0 radical (unpaired) electrons. The summed E-state index contributed by atoms with van der Waals surface area (Å²) in [6.07, 6.45) is 4.28. The van der Waals surface area contributed by atoms with Crippen LogP contribution in [0.5, 0.6) is 23.0 Å². The molecule has 0 amide bonds. The topological polar surface area (TPSA) is 40.6 Å². The highest BCUT2D eigenvalue weighted by Gasteiger charge is 2.24. The lowest BCUT2D eigenvalue weighted by molar-refractivity contribution is 0.0907. The SMILES string of the molecule is CC(C)(C)Cc1ccc2c(c1)OC(c1cncc(Oc3ccc(C(C)(C)C)cc3)c1)CO2. The zero-order valence-corrected chi connectivity index (χ0v) is 19.9. The van der Waals surface area contributed by atoms with E-state index in [1.807, 2.05) is 30.5 Å². The summed E-state index contributed by atoms with van der Waals surface area (Å²) in [7, 11) is 0. The van der Waals surface area contributed by atoms with Crippen LogP contribution in [0.4, 0.5) is 0 Å². The monoisotopic (exact) mass is 431 g/mol. The molecule has 2 aromatic carbocycles. The number of fused-ring (bicyclic) bond motifs is 1. The summed E-state index contributed by atoms with van der Waals surface area (Å²) >= 11 is 0. The average Bonchev–Trinajstić information content (AvgIpc) is 2.72.